The third-order valence-corrected chi connectivity index (χ3v) is 2.86. The molecule has 2 rings (SSSR count). The van der Waals surface area contributed by atoms with Gasteiger partial charge in [0.15, 0.2) is 0 Å². The highest BCUT2D eigenvalue weighted by Crippen LogP contribution is 2.31. The lowest BCUT2D eigenvalue weighted by Crippen LogP contribution is -1.98. The van der Waals surface area contributed by atoms with E-state index in [2.05, 4.69) is 18.4 Å². The number of phenols is 1. The lowest BCUT2D eigenvalue weighted by atomic mass is 10.1. The molecule has 0 saturated heterocycles. The van der Waals surface area contributed by atoms with Gasteiger partial charge in [-0.25, -0.2) is 0 Å². The van der Waals surface area contributed by atoms with E-state index >= 15 is 0 Å². The molecule has 1 aromatic carbocycles. The average molecular weight is 219 g/mol. The van der Waals surface area contributed by atoms with Crippen molar-refractivity contribution in [2.24, 2.45) is 0 Å². The van der Waals surface area contributed by atoms with Crippen molar-refractivity contribution in [2.75, 3.05) is 0 Å². The number of nitrogens with zero attached hydrogens (tertiary/aromatic N) is 1. The Kier molecular flexibility index (Phi) is 2.64. The molecular weight excluding hydrogens is 202 g/mol. The fraction of sp³-hybridized carbons (Fsp3) is 0.385. The Morgan fingerprint density at radius 2 is 1.88 bits per heavy atom. The van der Waals surface area contributed by atoms with Crippen molar-refractivity contribution in [3.8, 4) is 5.75 Å². The summed E-state index contributed by atoms with van der Waals surface area (Å²) in [6, 6.07) is 5.54. The largest absolute Gasteiger partial charge is 0.508 e. The Balaban J connectivity index is 2.76. The molecule has 86 valence electrons. The van der Waals surface area contributed by atoms with E-state index in [0.717, 1.165) is 16.5 Å². The van der Waals surface area contributed by atoms with Crippen molar-refractivity contribution in [2.45, 2.75) is 32.9 Å². The highest BCUT2D eigenvalue weighted by atomic mass is 16.3. The highest BCUT2D eigenvalue weighted by molar-refractivity contribution is 5.85. The highest BCUT2D eigenvalue weighted by Gasteiger charge is 2.14. The lowest BCUT2D eigenvalue weighted by Gasteiger charge is -2.08. The van der Waals surface area contributed by atoms with E-state index in [4.69, 9.17) is 0 Å². The number of aromatic hydroxyl groups is 1. The van der Waals surface area contributed by atoms with Crippen LogP contribution in [0.5, 0.6) is 5.75 Å². The summed E-state index contributed by atoms with van der Waals surface area (Å²) < 4.78 is 2.07. The number of aromatic nitrogens is 1. The first-order valence-electron chi connectivity index (χ1n) is 5.52. The Morgan fingerprint density at radius 1 is 1.19 bits per heavy atom. The number of phenolic OH excluding ortho intramolecular Hbond substituents is 1. The Labute approximate surface area is 94.9 Å². The number of aliphatic hydroxyl groups excluding tert-OH is 1. The van der Waals surface area contributed by atoms with Gasteiger partial charge in [-0.2, -0.15) is 0 Å². The molecule has 0 radical (unpaired) electrons. The molecule has 0 bridgehead atoms. The molecule has 1 unspecified atom stereocenters. The predicted molar refractivity (Wildman–Crippen MR) is 64.6 cm³/mol. The van der Waals surface area contributed by atoms with Crippen molar-refractivity contribution in [1.82, 2.24) is 4.57 Å². The fourth-order valence-electron chi connectivity index (χ4n) is 2.03. The third-order valence-electron chi connectivity index (χ3n) is 2.86. The minimum atomic E-state index is -0.493. The second kappa shape index (κ2) is 3.83. The van der Waals surface area contributed by atoms with Gasteiger partial charge in [-0.05, 0) is 32.9 Å². The molecule has 1 atom stereocenters. The van der Waals surface area contributed by atoms with E-state index < -0.39 is 6.10 Å². The average Bonchev–Trinajstić information content (AvgIpc) is 2.56. The van der Waals surface area contributed by atoms with Crippen molar-refractivity contribution in [3.05, 3.63) is 30.0 Å². The normalized spacial score (nSPS) is 13.6. The maximum atomic E-state index is 9.71. The molecule has 3 nitrogen and oxygen atoms in total. The fourth-order valence-corrected chi connectivity index (χ4v) is 2.03. The quantitative estimate of drug-likeness (QED) is 0.815. The topological polar surface area (TPSA) is 45.4 Å². The van der Waals surface area contributed by atoms with Gasteiger partial charge in [0.25, 0.3) is 0 Å². The minimum absolute atomic E-state index is 0.254. The monoisotopic (exact) mass is 219 g/mol. The number of benzene rings is 1. The lowest BCUT2D eigenvalue weighted by molar-refractivity contribution is 0.200. The van der Waals surface area contributed by atoms with E-state index in [-0.39, 0.29) is 5.75 Å². The van der Waals surface area contributed by atoms with E-state index in [1.54, 1.807) is 19.1 Å². The summed E-state index contributed by atoms with van der Waals surface area (Å²) in [5.41, 5.74) is 1.87. The van der Waals surface area contributed by atoms with Gasteiger partial charge < -0.3 is 14.8 Å². The molecular formula is C13H17NO2. The summed E-state index contributed by atoms with van der Waals surface area (Å²) in [7, 11) is 0. The van der Waals surface area contributed by atoms with Gasteiger partial charge in [0, 0.05) is 29.3 Å². The van der Waals surface area contributed by atoms with Crippen LogP contribution in [0, 0.1) is 0 Å². The summed E-state index contributed by atoms with van der Waals surface area (Å²) in [6.45, 7) is 5.91. The molecule has 3 heteroatoms. The number of rotatable bonds is 2. The number of hydrogen-bond acceptors (Lipinski definition) is 2. The molecule has 0 fully saturated rings. The molecule has 0 aliphatic rings. The van der Waals surface area contributed by atoms with Crippen LogP contribution in [-0.4, -0.2) is 14.8 Å². The van der Waals surface area contributed by atoms with Crippen molar-refractivity contribution in [1.29, 1.82) is 0 Å². The second-order valence-corrected chi connectivity index (χ2v) is 4.46. The van der Waals surface area contributed by atoms with Gasteiger partial charge in [0.2, 0.25) is 0 Å². The van der Waals surface area contributed by atoms with Crippen LogP contribution < -0.4 is 0 Å². The van der Waals surface area contributed by atoms with Crippen LogP contribution in [0.4, 0.5) is 0 Å². The molecule has 0 amide bonds. The maximum Gasteiger partial charge on any atom is 0.117 e. The zero-order valence-electron chi connectivity index (χ0n) is 9.81. The second-order valence-electron chi connectivity index (χ2n) is 4.46. The Bertz CT molecular complexity index is 512. The number of hydrogen-bond donors (Lipinski definition) is 2. The molecule has 0 saturated carbocycles. The zero-order valence-corrected chi connectivity index (χ0v) is 9.81. The third kappa shape index (κ3) is 1.67. The van der Waals surface area contributed by atoms with Gasteiger partial charge in [-0.15, -0.1) is 0 Å². The van der Waals surface area contributed by atoms with Gasteiger partial charge in [-0.3, -0.25) is 0 Å². The van der Waals surface area contributed by atoms with E-state index in [0.29, 0.717) is 6.04 Å². The van der Waals surface area contributed by atoms with Crippen molar-refractivity contribution >= 4 is 10.9 Å². The van der Waals surface area contributed by atoms with Crippen LogP contribution in [-0.2, 0) is 0 Å². The maximum absolute atomic E-state index is 9.71. The first kappa shape index (κ1) is 11.0. The molecule has 1 heterocycles. The number of aliphatic hydroxyl groups is 1. The molecule has 1 aromatic heterocycles. The summed E-state index contributed by atoms with van der Waals surface area (Å²) in [6.07, 6.45) is 1.46. The summed E-state index contributed by atoms with van der Waals surface area (Å²) in [5.74, 6) is 0.254. The standard InChI is InChI=1S/C13H17NO2/c1-8(2)14-7-12(9(3)15)11-5-4-10(16)6-13(11)14/h4-9,15-16H,1-3H3. The SMILES string of the molecule is CC(O)c1cn(C(C)C)c2cc(O)ccc12. The molecule has 2 aromatic rings. The Morgan fingerprint density at radius 3 is 2.44 bits per heavy atom. The van der Waals surface area contributed by atoms with Crippen LogP contribution in [0.15, 0.2) is 24.4 Å². The van der Waals surface area contributed by atoms with Gasteiger partial charge >= 0.3 is 0 Å². The first-order valence-corrected chi connectivity index (χ1v) is 5.52. The molecule has 0 aliphatic carbocycles. The summed E-state index contributed by atoms with van der Waals surface area (Å²) in [4.78, 5) is 0. The molecule has 2 N–H and O–H groups in total. The minimum Gasteiger partial charge on any atom is -0.508 e. The van der Waals surface area contributed by atoms with E-state index in [1.807, 2.05) is 12.3 Å². The van der Waals surface area contributed by atoms with Gasteiger partial charge in [-0.1, -0.05) is 0 Å². The first-order chi connectivity index (χ1) is 7.50. The van der Waals surface area contributed by atoms with E-state index in [1.165, 1.54) is 0 Å². The predicted octanol–water partition coefficient (Wildman–Crippen LogP) is 2.98. The number of fused-ring (bicyclic) bond motifs is 1. The summed E-state index contributed by atoms with van der Waals surface area (Å²) in [5, 5.41) is 20.2. The zero-order chi connectivity index (χ0) is 11.9. The van der Waals surface area contributed by atoms with Gasteiger partial charge in [0.05, 0.1) is 11.6 Å². The van der Waals surface area contributed by atoms with Crippen LogP contribution in [0.2, 0.25) is 0 Å². The van der Waals surface area contributed by atoms with Crippen LogP contribution in [0.3, 0.4) is 0 Å². The van der Waals surface area contributed by atoms with Crippen LogP contribution >= 0.6 is 0 Å². The molecule has 0 spiro atoms. The van der Waals surface area contributed by atoms with Crippen molar-refractivity contribution in [3.63, 3.8) is 0 Å². The molecule has 0 aliphatic heterocycles. The smallest absolute Gasteiger partial charge is 0.117 e. The van der Waals surface area contributed by atoms with E-state index in [9.17, 15) is 10.2 Å². The van der Waals surface area contributed by atoms with Gasteiger partial charge in [0.1, 0.15) is 5.75 Å². The summed E-state index contributed by atoms with van der Waals surface area (Å²) >= 11 is 0. The molecule has 16 heavy (non-hydrogen) atoms. The van der Waals surface area contributed by atoms with Crippen LogP contribution in [0.25, 0.3) is 10.9 Å². The van der Waals surface area contributed by atoms with Crippen LogP contribution in [0.1, 0.15) is 38.5 Å². The Hall–Kier alpha value is -1.48. The van der Waals surface area contributed by atoms with Crippen molar-refractivity contribution < 1.29 is 10.2 Å².